The average molecular weight is 323 g/mol. The van der Waals surface area contributed by atoms with E-state index in [1.807, 2.05) is 34.9 Å². The lowest BCUT2D eigenvalue weighted by molar-refractivity contribution is -0.00638. The van der Waals surface area contributed by atoms with Gasteiger partial charge < -0.3 is 15.2 Å². The van der Waals surface area contributed by atoms with Crippen molar-refractivity contribution in [2.45, 2.75) is 18.9 Å². The number of aliphatic hydroxyl groups excluding tert-OH is 1. The van der Waals surface area contributed by atoms with Crippen LogP contribution in [0.25, 0.3) is 11.2 Å². The average Bonchev–Trinajstić information content (AvgIpc) is 3.27. The molecule has 1 aliphatic heterocycles. The molecule has 0 saturated heterocycles. The van der Waals surface area contributed by atoms with Crippen LogP contribution in [0.2, 0.25) is 0 Å². The summed E-state index contributed by atoms with van der Waals surface area (Å²) in [5.74, 6) is 0.684. The topological polar surface area (TPSA) is 85.1 Å². The Kier molecular flexibility index (Phi) is 3.94. The van der Waals surface area contributed by atoms with Crippen LogP contribution in [-0.2, 0) is 11.3 Å². The van der Waals surface area contributed by atoms with E-state index >= 15 is 0 Å². The minimum Gasteiger partial charge on any atom is -0.393 e. The molecular formula is C17H17N5O2. The number of hydrogen-bond donors (Lipinski definition) is 2. The van der Waals surface area contributed by atoms with Crippen molar-refractivity contribution in [2.75, 3.05) is 11.9 Å². The molecule has 0 unspecified atom stereocenters. The molecule has 0 saturated carbocycles. The summed E-state index contributed by atoms with van der Waals surface area (Å²) in [6, 6.07) is 10.1. The molecule has 2 N–H and O–H groups in total. The molecule has 0 amide bonds. The Labute approximate surface area is 138 Å². The maximum absolute atomic E-state index is 9.18. The van der Waals surface area contributed by atoms with Crippen LogP contribution in [0.1, 0.15) is 11.8 Å². The predicted octanol–water partition coefficient (Wildman–Crippen LogP) is 1.88. The zero-order valence-electron chi connectivity index (χ0n) is 12.9. The van der Waals surface area contributed by atoms with Gasteiger partial charge in [0.1, 0.15) is 12.4 Å². The SMILES string of the molecule is OC[C@@H]1C=C[C@H](n2cnc3c(NCc4ccccc4)ncnc32)O1. The van der Waals surface area contributed by atoms with Crippen molar-refractivity contribution in [1.82, 2.24) is 19.5 Å². The number of imidazole rings is 1. The second kappa shape index (κ2) is 6.38. The lowest BCUT2D eigenvalue weighted by Crippen LogP contribution is -2.15. The number of ether oxygens (including phenoxy) is 1. The largest absolute Gasteiger partial charge is 0.393 e. The number of hydrogen-bond acceptors (Lipinski definition) is 6. The lowest BCUT2D eigenvalue weighted by Gasteiger charge is -2.14. The van der Waals surface area contributed by atoms with Crippen molar-refractivity contribution < 1.29 is 9.84 Å². The van der Waals surface area contributed by atoms with Crippen LogP contribution in [0.3, 0.4) is 0 Å². The third-order valence-electron chi connectivity index (χ3n) is 3.92. The number of fused-ring (bicyclic) bond motifs is 1. The third kappa shape index (κ3) is 2.75. The highest BCUT2D eigenvalue weighted by Gasteiger charge is 2.22. The highest BCUT2D eigenvalue weighted by Crippen LogP contribution is 2.26. The number of anilines is 1. The maximum atomic E-state index is 9.18. The second-order valence-electron chi connectivity index (χ2n) is 5.52. The van der Waals surface area contributed by atoms with E-state index in [9.17, 15) is 5.11 Å². The van der Waals surface area contributed by atoms with Crippen LogP contribution in [0.15, 0.2) is 55.1 Å². The minimum absolute atomic E-state index is 0.0432. The normalized spacial score (nSPS) is 19.9. The molecule has 2 atom stereocenters. The predicted molar refractivity (Wildman–Crippen MR) is 89.2 cm³/mol. The van der Waals surface area contributed by atoms with Gasteiger partial charge in [0.2, 0.25) is 0 Å². The summed E-state index contributed by atoms with van der Waals surface area (Å²) in [7, 11) is 0. The van der Waals surface area contributed by atoms with E-state index in [0.29, 0.717) is 23.5 Å². The summed E-state index contributed by atoms with van der Waals surface area (Å²) in [6.45, 7) is 0.616. The smallest absolute Gasteiger partial charge is 0.167 e. The van der Waals surface area contributed by atoms with E-state index in [-0.39, 0.29) is 18.9 Å². The molecular weight excluding hydrogens is 306 g/mol. The lowest BCUT2D eigenvalue weighted by atomic mass is 10.2. The molecule has 0 aliphatic carbocycles. The van der Waals surface area contributed by atoms with Gasteiger partial charge in [-0.05, 0) is 11.6 Å². The number of aliphatic hydroxyl groups is 1. The molecule has 7 heteroatoms. The summed E-state index contributed by atoms with van der Waals surface area (Å²) < 4.78 is 7.54. The first-order valence-electron chi connectivity index (χ1n) is 7.75. The Hall–Kier alpha value is -2.77. The van der Waals surface area contributed by atoms with Crippen LogP contribution in [0.5, 0.6) is 0 Å². The first-order valence-corrected chi connectivity index (χ1v) is 7.75. The van der Waals surface area contributed by atoms with E-state index in [2.05, 4.69) is 32.4 Å². The maximum Gasteiger partial charge on any atom is 0.167 e. The van der Waals surface area contributed by atoms with Crippen LogP contribution >= 0.6 is 0 Å². The van der Waals surface area contributed by atoms with Gasteiger partial charge in [0.15, 0.2) is 23.2 Å². The third-order valence-corrected chi connectivity index (χ3v) is 3.92. The van der Waals surface area contributed by atoms with Gasteiger partial charge >= 0.3 is 0 Å². The molecule has 122 valence electrons. The van der Waals surface area contributed by atoms with Crippen molar-refractivity contribution in [3.05, 3.63) is 60.7 Å². The van der Waals surface area contributed by atoms with Gasteiger partial charge in [-0.3, -0.25) is 4.57 Å². The van der Waals surface area contributed by atoms with E-state index in [0.717, 1.165) is 5.56 Å². The van der Waals surface area contributed by atoms with E-state index in [1.54, 1.807) is 6.33 Å². The fourth-order valence-electron chi connectivity index (χ4n) is 2.70. The van der Waals surface area contributed by atoms with Crippen molar-refractivity contribution in [2.24, 2.45) is 0 Å². The summed E-state index contributed by atoms with van der Waals surface area (Å²) in [5, 5.41) is 12.5. The monoisotopic (exact) mass is 323 g/mol. The summed E-state index contributed by atoms with van der Waals surface area (Å²) >= 11 is 0. The van der Waals surface area contributed by atoms with Gasteiger partial charge in [-0.2, -0.15) is 0 Å². The highest BCUT2D eigenvalue weighted by atomic mass is 16.5. The van der Waals surface area contributed by atoms with Gasteiger partial charge in [0, 0.05) is 6.54 Å². The zero-order chi connectivity index (χ0) is 16.4. The fourth-order valence-corrected chi connectivity index (χ4v) is 2.70. The highest BCUT2D eigenvalue weighted by molar-refractivity contribution is 5.82. The number of aromatic nitrogens is 4. The molecule has 4 rings (SSSR count). The van der Waals surface area contributed by atoms with E-state index < -0.39 is 0 Å². The minimum atomic E-state index is -0.316. The molecule has 2 aromatic heterocycles. The van der Waals surface area contributed by atoms with Gasteiger partial charge in [-0.15, -0.1) is 0 Å². The van der Waals surface area contributed by atoms with Crippen molar-refractivity contribution in [3.8, 4) is 0 Å². The number of benzene rings is 1. The Morgan fingerprint density at radius 2 is 2.00 bits per heavy atom. The molecule has 0 bridgehead atoms. The second-order valence-corrected chi connectivity index (χ2v) is 5.52. The van der Waals surface area contributed by atoms with Gasteiger partial charge in [0.25, 0.3) is 0 Å². The van der Waals surface area contributed by atoms with Crippen LogP contribution in [0.4, 0.5) is 5.82 Å². The number of nitrogens with zero attached hydrogens (tertiary/aromatic N) is 4. The molecule has 3 aromatic rings. The summed E-state index contributed by atoms with van der Waals surface area (Å²) in [4.78, 5) is 13.0. The van der Waals surface area contributed by atoms with Gasteiger partial charge in [-0.25, -0.2) is 15.0 Å². The molecule has 0 spiro atoms. The Morgan fingerprint density at radius 3 is 2.79 bits per heavy atom. The first-order chi connectivity index (χ1) is 11.8. The molecule has 0 fully saturated rings. The summed E-state index contributed by atoms with van der Waals surface area (Å²) in [6.07, 6.45) is 6.32. The fraction of sp³-hybridized carbons (Fsp3) is 0.235. The molecule has 7 nitrogen and oxygen atoms in total. The van der Waals surface area contributed by atoms with Gasteiger partial charge in [0.05, 0.1) is 12.9 Å². The quantitative estimate of drug-likeness (QED) is 0.698. The van der Waals surface area contributed by atoms with Crippen molar-refractivity contribution in [3.63, 3.8) is 0 Å². The van der Waals surface area contributed by atoms with Gasteiger partial charge in [-0.1, -0.05) is 36.4 Å². The van der Waals surface area contributed by atoms with Crippen molar-refractivity contribution in [1.29, 1.82) is 0 Å². The molecule has 1 aliphatic rings. The molecule has 0 radical (unpaired) electrons. The van der Waals surface area contributed by atoms with E-state index in [1.165, 1.54) is 6.33 Å². The van der Waals surface area contributed by atoms with Crippen LogP contribution in [-0.4, -0.2) is 37.3 Å². The molecule has 24 heavy (non-hydrogen) atoms. The number of nitrogens with one attached hydrogen (secondary N) is 1. The Balaban J connectivity index is 1.59. The Bertz CT molecular complexity index is 862. The standard InChI is InChI=1S/C17H17N5O2/c23-9-13-6-7-14(24-13)22-11-21-15-16(19-10-20-17(15)22)18-8-12-4-2-1-3-5-12/h1-7,10-11,13-14,23H,8-9H2,(H,18,19,20)/t13-,14+/m0/s1. The first kappa shape index (κ1) is 14.8. The van der Waals surface area contributed by atoms with Crippen LogP contribution in [0, 0.1) is 0 Å². The number of rotatable bonds is 5. The Morgan fingerprint density at radius 1 is 1.12 bits per heavy atom. The summed E-state index contributed by atoms with van der Waals surface area (Å²) in [5.41, 5.74) is 2.54. The zero-order valence-corrected chi connectivity index (χ0v) is 12.9. The van der Waals surface area contributed by atoms with Crippen LogP contribution < -0.4 is 5.32 Å². The van der Waals surface area contributed by atoms with Crippen molar-refractivity contribution >= 4 is 17.0 Å². The molecule has 3 heterocycles. The molecule has 1 aromatic carbocycles. The van der Waals surface area contributed by atoms with E-state index in [4.69, 9.17) is 4.74 Å².